The smallest absolute Gasteiger partial charge is 0.194 e. The maximum atomic E-state index is 5.33. The van der Waals surface area contributed by atoms with Gasteiger partial charge in [-0.1, -0.05) is 25.2 Å². The van der Waals surface area contributed by atoms with Crippen LogP contribution in [0.15, 0.2) is 4.99 Å². The molecule has 20 heavy (non-hydrogen) atoms. The Morgan fingerprint density at radius 3 is 2.80 bits per heavy atom. The van der Waals surface area contributed by atoms with Crippen LogP contribution in [-0.4, -0.2) is 47.5 Å². The number of nitrogens with zero attached hydrogens (tertiary/aromatic N) is 2. The summed E-state index contributed by atoms with van der Waals surface area (Å²) in [6, 6.07) is 0. The molecule has 1 saturated carbocycles. The van der Waals surface area contributed by atoms with E-state index in [4.69, 9.17) is 6.42 Å². The molecule has 0 aromatic rings. The molecule has 1 aliphatic heterocycles. The Morgan fingerprint density at radius 1 is 1.40 bits per heavy atom. The molecule has 1 heterocycles. The lowest BCUT2D eigenvalue weighted by Gasteiger charge is -2.45. The van der Waals surface area contributed by atoms with E-state index < -0.39 is 0 Å². The van der Waals surface area contributed by atoms with Gasteiger partial charge in [0, 0.05) is 30.1 Å². The third kappa shape index (κ3) is 4.73. The van der Waals surface area contributed by atoms with Gasteiger partial charge in [0.2, 0.25) is 0 Å². The van der Waals surface area contributed by atoms with Gasteiger partial charge in [0.15, 0.2) is 5.96 Å². The first-order chi connectivity index (χ1) is 9.29. The molecule has 2 aliphatic rings. The highest BCUT2D eigenvalue weighted by Gasteiger charge is 2.38. The number of nitrogens with one attached hydrogen (secondary N) is 1. The summed E-state index contributed by atoms with van der Waals surface area (Å²) in [4.78, 5) is 6.94. The molecule has 0 aromatic carbocycles. The van der Waals surface area contributed by atoms with Crippen molar-refractivity contribution in [3.8, 4) is 12.3 Å². The van der Waals surface area contributed by atoms with E-state index in [1.54, 1.807) is 0 Å². The molecule has 0 atom stereocenters. The van der Waals surface area contributed by atoms with Gasteiger partial charge in [0.1, 0.15) is 6.54 Å². The van der Waals surface area contributed by atoms with Gasteiger partial charge in [0.05, 0.1) is 0 Å². The Kier molecular flexibility index (Phi) is 8.11. The SMILES string of the molecule is C#CCN=C(NCC)N1CCSC2(CCCCC2)C1.I. The average molecular weight is 407 g/mol. The van der Waals surface area contributed by atoms with Gasteiger partial charge in [-0.25, -0.2) is 4.99 Å². The maximum Gasteiger partial charge on any atom is 0.194 e. The third-order valence-electron chi connectivity index (χ3n) is 3.97. The Morgan fingerprint density at radius 2 is 2.15 bits per heavy atom. The fourth-order valence-electron chi connectivity index (χ4n) is 3.07. The zero-order valence-electron chi connectivity index (χ0n) is 12.4. The van der Waals surface area contributed by atoms with Crippen molar-refractivity contribution in [2.45, 2.75) is 43.8 Å². The molecule has 1 spiro atoms. The highest BCUT2D eigenvalue weighted by molar-refractivity contribution is 14.0. The minimum absolute atomic E-state index is 0. The first-order valence-electron chi connectivity index (χ1n) is 7.40. The van der Waals surface area contributed by atoms with Crippen LogP contribution in [0.4, 0.5) is 0 Å². The summed E-state index contributed by atoms with van der Waals surface area (Å²) < 4.78 is 0.475. The standard InChI is InChI=1S/C15H25N3S.HI/c1-3-10-17-14(16-4-2)18-11-12-19-15(13-18)8-6-5-7-9-15;/h1H,4-13H2,2H3,(H,16,17);1H. The van der Waals surface area contributed by atoms with Crippen LogP contribution >= 0.6 is 35.7 Å². The Balaban J connectivity index is 0.00000200. The van der Waals surface area contributed by atoms with E-state index in [2.05, 4.69) is 39.8 Å². The molecule has 2 fully saturated rings. The molecular weight excluding hydrogens is 381 g/mol. The fourth-order valence-corrected chi connectivity index (χ4v) is 4.64. The molecule has 0 aromatic heterocycles. The highest BCUT2D eigenvalue weighted by Crippen LogP contribution is 2.42. The van der Waals surface area contributed by atoms with Crippen LogP contribution in [0.5, 0.6) is 0 Å². The lowest BCUT2D eigenvalue weighted by Crippen LogP contribution is -2.53. The van der Waals surface area contributed by atoms with Gasteiger partial charge in [0.25, 0.3) is 0 Å². The van der Waals surface area contributed by atoms with Crippen molar-refractivity contribution >= 4 is 41.7 Å². The van der Waals surface area contributed by atoms with E-state index in [0.717, 1.165) is 25.6 Å². The third-order valence-corrected chi connectivity index (χ3v) is 5.50. The van der Waals surface area contributed by atoms with Crippen LogP contribution in [0.3, 0.4) is 0 Å². The highest BCUT2D eigenvalue weighted by atomic mass is 127. The van der Waals surface area contributed by atoms with E-state index in [1.807, 2.05) is 0 Å². The molecule has 5 heteroatoms. The molecule has 114 valence electrons. The minimum Gasteiger partial charge on any atom is -0.356 e. The summed E-state index contributed by atoms with van der Waals surface area (Å²) in [5.41, 5.74) is 0. The van der Waals surface area contributed by atoms with Crippen molar-refractivity contribution in [3.05, 3.63) is 0 Å². The van der Waals surface area contributed by atoms with Crippen molar-refractivity contribution in [2.24, 2.45) is 4.99 Å². The molecule has 1 saturated heterocycles. The Labute approximate surface area is 144 Å². The summed E-state index contributed by atoms with van der Waals surface area (Å²) in [6.45, 7) is 5.70. The largest absolute Gasteiger partial charge is 0.356 e. The van der Waals surface area contributed by atoms with Crippen LogP contribution < -0.4 is 5.32 Å². The van der Waals surface area contributed by atoms with E-state index in [0.29, 0.717) is 11.3 Å². The van der Waals surface area contributed by atoms with Gasteiger partial charge in [-0.05, 0) is 19.8 Å². The van der Waals surface area contributed by atoms with E-state index >= 15 is 0 Å². The van der Waals surface area contributed by atoms with E-state index in [-0.39, 0.29) is 24.0 Å². The normalized spacial score (nSPS) is 22.0. The molecule has 1 aliphatic carbocycles. The molecule has 3 nitrogen and oxygen atoms in total. The molecule has 2 rings (SSSR count). The number of guanidine groups is 1. The molecule has 0 radical (unpaired) electrons. The monoisotopic (exact) mass is 407 g/mol. The van der Waals surface area contributed by atoms with Gasteiger partial charge < -0.3 is 10.2 Å². The zero-order chi connectivity index (χ0) is 13.6. The lowest BCUT2D eigenvalue weighted by atomic mass is 9.87. The molecule has 0 amide bonds. The zero-order valence-corrected chi connectivity index (χ0v) is 15.5. The van der Waals surface area contributed by atoms with Crippen LogP contribution in [0.25, 0.3) is 0 Å². The Hall–Kier alpha value is -0.0900. The van der Waals surface area contributed by atoms with Gasteiger partial charge in [-0.2, -0.15) is 11.8 Å². The van der Waals surface area contributed by atoms with Crippen molar-refractivity contribution in [1.82, 2.24) is 10.2 Å². The van der Waals surface area contributed by atoms with Crippen LogP contribution in [-0.2, 0) is 0 Å². The van der Waals surface area contributed by atoms with Gasteiger partial charge in [-0.3, -0.25) is 0 Å². The fraction of sp³-hybridized carbons (Fsp3) is 0.800. The molecule has 0 unspecified atom stereocenters. The van der Waals surface area contributed by atoms with Crippen LogP contribution in [0.1, 0.15) is 39.0 Å². The number of hydrogen-bond donors (Lipinski definition) is 1. The Bertz CT molecular complexity index is 353. The second-order valence-corrected chi connectivity index (χ2v) is 6.95. The van der Waals surface area contributed by atoms with Crippen molar-refractivity contribution in [1.29, 1.82) is 0 Å². The van der Waals surface area contributed by atoms with Crippen LogP contribution in [0.2, 0.25) is 0 Å². The van der Waals surface area contributed by atoms with E-state index in [1.165, 1.54) is 37.9 Å². The van der Waals surface area contributed by atoms with Crippen molar-refractivity contribution < 1.29 is 0 Å². The number of hydrogen-bond acceptors (Lipinski definition) is 2. The maximum absolute atomic E-state index is 5.33. The van der Waals surface area contributed by atoms with E-state index in [9.17, 15) is 0 Å². The predicted molar refractivity (Wildman–Crippen MR) is 100 cm³/mol. The second-order valence-electron chi connectivity index (χ2n) is 5.39. The summed E-state index contributed by atoms with van der Waals surface area (Å²) in [7, 11) is 0. The second kappa shape index (κ2) is 9.04. The number of halogens is 1. The van der Waals surface area contributed by atoms with Gasteiger partial charge >= 0.3 is 0 Å². The molecule has 0 bridgehead atoms. The predicted octanol–water partition coefficient (Wildman–Crippen LogP) is 2.95. The van der Waals surface area contributed by atoms with Gasteiger partial charge in [-0.15, -0.1) is 30.4 Å². The average Bonchev–Trinajstić information content (AvgIpc) is 2.44. The molecular formula is C15H26IN3S. The first-order valence-corrected chi connectivity index (χ1v) is 8.39. The topological polar surface area (TPSA) is 27.6 Å². The number of terminal acetylenes is 1. The van der Waals surface area contributed by atoms with Crippen molar-refractivity contribution in [3.63, 3.8) is 0 Å². The number of rotatable bonds is 2. The lowest BCUT2D eigenvalue weighted by molar-refractivity contribution is 0.293. The number of aliphatic imine (C=N–C) groups is 1. The summed E-state index contributed by atoms with van der Waals surface area (Å²) in [5, 5.41) is 3.38. The number of thioether (sulfide) groups is 1. The molecule has 1 N–H and O–H groups in total. The summed E-state index contributed by atoms with van der Waals surface area (Å²) >= 11 is 2.18. The quantitative estimate of drug-likeness (QED) is 0.330. The van der Waals surface area contributed by atoms with Crippen LogP contribution in [0, 0.1) is 12.3 Å². The first kappa shape index (κ1) is 18.0. The summed E-state index contributed by atoms with van der Waals surface area (Å²) in [6.07, 6.45) is 12.2. The summed E-state index contributed by atoms with van der Waals surface area (Å²) in [5.74, 6) is 4.82. The minimum atomic E-state index is 0. The van der Waals surface area contributed by atoms with Crippen molar-refractivity contribution in [2.75, 3.05) is 31.9 Å².